The lowest BCUT2D eigenvalue weighted by Gasteiger charge is -2.46. The van der Waals surface area contributed by atoms with Crippen LogP contribution < -0.4 is 10.6 Å². The second-order valence-electron chi connectivity index (χ2n) is 10.5. The quantitative estimate of drug-likeness (QED) is 0.746. The first-order valence-corrected chi connectivity index (χ1v) is 13.0. The van der Waals surface area contributed by atoms with Crippen LogP contribution in [0.15, 0.2) is 30.3 Å². The van der Waals surface area contributed by atoms with Crippen LogP contribution >= 0.6 is 0 Å². The monoisotopic (exact) mass is 450 g/mol. The van der Waals surface area contributed by atoms with Crippen LogP contribution in [0.25, 0.3) is 0 Å². The summed E-state index contributed by atoms with van der Waals surface area (Å²) >= 11 is 0. The van der Waals surface area contributed by atoms with Crippen LogP contribution in [-0.2, 0) is 11.8 Å². The minimum atomic E-state index is 0.306. The predicted molar refractivity (Wildman–Crippen MR) is 128 cm³/mol. The molecule has 1 aromatic heterocycles. The average Bonchev–Trinajstić information content (AvgIpc) is 3.37. The highest BCUT2D eigenvalue weighted by molar-refractivity contribution is 5.24. The molecule has 2 aromatic rings. The molecule has 0 spiro atoms. The van der Waals surface area contributed by atoms with Gasteiger partial charge in [-0.3, -0.25) is 14.9 Å². The molecule has 0 saturated carbocycles. The number of fused-ring (bicyclic) bond motifs is 3. The SMILES string of the molecule is Cc1nnn(C)c1C1CCC2C3NCCCC3N([C@H](c3ccccc3)C3CCOCC3)C2N1. The Labute approximate surface area is 197 Å². The zero-order valence-corrected chi connectivity index (χ0v) is 20.0. The van der Waals surface area contributed by atoms with E-state index in [2.05, 4.69) is 63.1 Å². The maximum absolute atomic E-state index is 5.79. The Morgan fingerprint density at radius 3 is 2.64 bits per heavy atom. The predicted octanol–water partition coefficient (Wildman–Crippen LogP) is 3.09. The molecule has 0 aliphatic carbocycles. The third kappa shape index (κ3) is 3.83. The molecule has 5 unspecified atom stereocenters. The van der Waals surface area contributed by atoms with Crippen LogP contribution in [0.2, 0.25) is 0 Å². The second kappa shape index (κ2) is 9.10. The lowest BCUT2D eigenvalue weighted by molar-refractivity contribution is -0.0113. The average molecular weight is 451 g/mol. The van der Waals surface area contributed by atoms with Crippen molar-refractivity contribution in [2.24, 2.45) is 18.9 Å². The molecule has 4 fully saturated rings. The summed E-state index contributed by atoms with van der Waals surface area (Å²) in [5, 5.41) is 16.8. The molecule has 0 amide bonds. The van der Waals surface area contributed by atoms with E-state index in [0.29, 0.717) is 42.2 Å². The van der Waals surface area contributed by atoms with Gasteiger partial charge in [0.25, 0.3) is 0 Å². The fraction of sp³-hybridized carbons (Fsp3) is 0.692. The number of aromatic nitrogens is 3. The first-order chi connectivity index (χ1) is 16.2. The van der Waals surface area contributed by atoms with Crippen molar-refractivity contribution in [3.8, 4) is 0 Å². The molecule has 178 valence electrons. The fourth-order valence-electron chi connectivity index (χ4n) is 7.40. The van der Waals surface area contributed by atoms with Gasteiger partial charge in [-0.05, 0) is 63.5 Å². The molecule has 1 aromatic carbocycles. The number of ether oxygens (including phenoxy) is 1. The number of likely N-dealkylation sites (tertiary alicyclic amines) is 1. The highest BCUT2D eigenvalue weighted by Crippen LogP contribution is 2.48. The summed E-state index contributed by atoms with van der Waals surface area (Å²) in [5.41, 5.74) is 3.77. The number of benzene rings is 1. The van der Waals surface area contributed by atoms with Crippen molar-refractivity contribution in [2.45, 2.75) is 75.8 Å². The van der Waals surface area contributed by atoms with E-state index in [1.54, 1.807) is 0 Å². The molecule has 6 atom stereocenters. The summed E-state index contributed by atoms with van der Waals surface area (Å²) in [5.74, 6) is 1.27. The lowest BCUT2D eigenvalue weighted by Crippen LogP contribution is -2.54. The van der Waals surface area contributed by atoms with Crippen molar-refractivity contribution in [1.82, 2.24) is 30.5 Å². The van der Waals surface area contributed by atoms with E-state index >= 15 is 0 Å². The number of nitrogens with one attached hydrogen (secondary N) is 2. The Morgan fingerprint density at radius 2 is 1.88 bits per heavy atom. The molecule has 4 aliphatic heterocycles. The van der Waals surface area contributed by atoms with E-state index in [4.69, 9.17) is 4.74 Å². The van der Waals surface area contributed by atoms with E-state index in [0.717, 1.165) is 44.7 Å². The van der Waals surface area contributed by atoms with Gasteiger partial charge in [-0.15, -0.1) is 5.10 Å². The van der Waals surface area contributed by atoms with Crippen molar-refractivity contribution in [1.29, 1.82) is 0 Å². The summed E-state index contributed by atoms with van der Waals surface area (Å²) in [6.45, 7) is 5.02. The van der Waals surface area contributed by atoms with E-state index < -0.39 is 0 Å². The van der Waals surface area contributed by atoms with E-state index in [1.165, 1.54) is 30.5 Å². The maximum atomic E-state index is 5.79. The van der Waals surface area contributed by atoms with Crippen LogP contribution in [0.3, 0.4) is 0 Å². The number of rotatable bonds is 4. The number of nitrogens with zero attached hydrogens (tertiary/aromatic N) is 4. The highest BCUT2D eigenvalue weighted by atomic mass is 16.5. The molecule has 4 aliphatic rings. The van der Waals surface area contributed by atoms with Gasteiger partial charge in [-0.25, -0.2) is 0 Å². The zero-order chi connectivity index (χ0) is 22.4. The van der Waals surface area contributed by atoms with E-state index in [-0.39, 0.29) is 0 Å². The second-order valence-corrected chi connectivity index (χ2v) is 10.5. The van der Waals surface area contributed by atoms with Crippen LogP contribution in [0.1, 0.15) is 67.6 Å². The van der Waals surface area contributed by atoms with E-state index in [9.17, 15) is 0 Å². The third-order valence-corrected chi connectivity index (χ3v) is 8.76. The van der Waals surface area contributed by atoms with Gasteiger partial charge in [0.05, 0.1) is 23.6 Å². The van der Waals surface area contributed by atoms with Crippen LogP contribution in [-0.4, -0.2) is 57.9 Å². The van der Waals surface area contributed by atoms with Gasteiger partial charge in [0.1, 0.15) is 0 Å². The van der Waals surface area contributed by atoms with Crippen molar-refractivity contribution in [3.05, 3.63) is 47.3 Å². The standard InChI is InChI=1S/C26H38N6O/c1-17-24(31(2)30-29-17)21-11-10-20-23-22(9-6-14-27-23)32(26(20)28-21)25(18-7-4-3-5-8-18)19-12-15-33-16-13-19/h3-5,7-8,19-23,25-28H,6,9-16H2,1-2H3/t20?,21?,22?,23?,25-,26?/m1/s1. The maximum Gasteiger partial charge on any atom is 0.0844 e. The van der Waals surface area contributed by atoms with Gasteiger partial charge < -0.3 is 10.1 Å². The Hall–Kier alpha value is -1.80. The molecule has 33 heavy (non-hydrogen) atoms. The number of aryl methyl sites for hydroxylation is 2. The van der Waals surface area contributed by atoms with Gasteiger partial charge >= 0.3 is 0 Å². The molecule has 6 rings (SSSR count). The summed E-state index contributed by atoms with van der Waals surface area (Å²) < 4.78 is 7.77. The summed E-state index contributed by atoms with van der Waals surface area (Å²) in [4.78, 5) is 2.91. The Balaban J connectivity index is 1.39. The van der Waals surface area contributed by atoms with Crippen molar-refractivity contribution < 1.29 is 4.74 Å². The molecule has 2 N–H and O–H groups in total. The molecular formula is C26H38N6O. The summed E-state index contributed by atoms with van der Waals surface area (Å²) in [7, 11) is 2.03. The minimum Gasteiger partial charge on any atom is -0.381 e. The highest BCUT2D eigenvalue weighted by Gasteiger charge is 2.55. The normalized spacial score (nSPS) is 34.1. The summed E-state index contributed by atoms with van der Waals surface area (Å²) in [6, 6.07) is 13.2. The van der Waals surface area contributed by atoms with Crippen molar-refractivity contribution in [3.63, 3.8) is 0 Å². The number of piperidine rings is 2. The van der Waals surface area contributed by atoms with Gasteiger partial charge in [0.15, 0.2) is 0 Å². The molecule has 0 bridgehead atoms. The largest absolute Gasteiger partial charge is 0.381 e. The van der Waals surface area contributed by atoms with Gasteiger partial charge in [-0.1, -0.05) is 35.5 Å². The van der Waals surface area contributed by atoms with Gasteiger partial charge in [0, 0.05) is 44.3 Å². The molecule has 7 heteroatoms. The molecule has 7 nitrogen and oxygen atoms in total. The molecule has 5 heterocycles. The third-order valence-electron chi connectivity index (χ3n) is 8.76. The first kappa shape index (κ1) is 21.7. The lowest BCUT2D eigenvalue weighted by atomic mass is 9.84. The van der Waals surface area contributed by atoms with Gasteiger partial charge in [-0.2, -0.15) is 0 Å². The zero-order valence-electron chi connectivity index (χ0n) is 20.0. The smallest absolute Gasteiger partial charge is 0.0844 e. The fourth-order valence-corrected chi connectivity index (χ4v) is 7.40. The Morgan fingerprint density at radius 1 is 1.06 bits per heavy atom. The van der Waals surface area contributed by atoms with Gasteiger partial charge in [0.2, 0.25) is 0 Å². The number of hydrogen-bond acceptors (Lipinski definition) is 6. The topological polar surface area (TPSA) is 67.2 Å². The molecular weight excluding hydrogens is 412 g/mol. The Bertz CT molecular complexity index is 922. The molecule has 0 radical (unpaired) electrons. The van der Waals surface area contributed by atoms with Crippen molar-refractivity contribution >= 4 is 0 Å². The molecule has 4 saturated heterocycles. The van der Waals surface area contributed by atoms with Crippen LogP contribution in [0, 0.1) is 18.8 Å². The number of hydrogen-bond donors (Lipinski definition) is 2. The van der Waals surface area contributed by atoms with Crippen LogP contribution in [0.5, 0.6) is 0 Å². The Kier molecular flexibility index (Phi) is 5.99. The minimum absolute atomic E-state index is 0.306. The van der Waals surface area contributed by atoms with Crippen molar-refractivity contribution in [2.75, 3.05) is 19.8 Å². The van der Waals surface area contributed by atoms with Crippen LogP contribution in [0.4, 0.5) is 0 Å². The van der Waals surface area contributed by atoms with E-state index in [1.807, 2.05) is 11.7 Å². The summed E-state index contributed by atoms with van der Waals surface area (Å²) in [6.07, 6.45) is 7.60. The first-order valence-electron chi connectivity index (χ1n) is 13.0.